The maximum atomic E-state index is 11.8. The topological polar surface area (TPSA) is 55.4 Å². The van der Waals surface area contributed by atoms with Crippen LogP contribution >= 0.6 is 11.8 Å². The van der Waals surface area contributed by atoms with E-state index in [1.54, 1.807) is 0 Å². The lowest BCUT2D eigenvalue weighted by Gasteiger charge is -2.24. The van der Waals surface area contributed by atoms with Crippen molar-refractivity contribution in [3.63, 3.8) is 0 Å². The Morgan fingerprint density at radius 1 is 1.47 bits per heavy atom. The summed E-state index contributed by atoms with van der Waals surface area (Å²) in [7, 11) is 1.27. The maximum absolute atomic E-state index is 11.8. The number of amides is 1. The van der Waals surface area contributed by atoms with Gasteiger partial charge in [-0.05, 0) is 12.1 Å². The number of methoxy groups -OCH3 is 1. The first kappa shape index (κ1) is 11.7. The predicted octanol–water partition coefficient (Wildman–Crippen LogP) is 1.83. The summed E-state index contributed by atoms with van der Waals surface area (Å²) < 4.78 is 4.57. The normalized spacial score (nSPS) is 17.9. The smallest absolute Gasteiger partial charge is 0.334 e. The number of benzene rings is 1. The zero-order valence-corrected chi connectivity index (χ0v) is 10.0. The Bertz CT molecular complexity index is 498. The zero-order valence-electron chi connectivity index (χ0n) is 9.23. The van der Waals surface area contributed by atoms with E-state index < -0.39 is 11.2 Å². The lowest BCUT2D eigenvalue weighted by molar-refractivity contribution is -0.136. The molecule has 0 unspecified atom stereocenters. The van der Waals surface area contributed by atoms with Crippen molar-refractivity contribution in [1.29, 1.82) is 0 Å². The molecule has 2 rings (SSSR count). The van der Waals surface area contributed by atoms with Crippen LogP contribution in [0.15, 0.2) is 41.3 Å². The highest BCUT2D eigenvalue weighted by Gasteiger charge is 2.32. The molecule has 1 aromatic carbocycles. The molecule has 5 heteroatoms. The average Bonchev–Trinajstić information content (AvgIpc) is 2.36. The number of rotatable bonds is 2. The summed E-state index contributed by atoms with van der Waals surface area (Å²) in [6.45, 7) is 3.62. The second-order valence-electron chi connectivity index (χ2n) is 3.50. The fourth-order valence-electron chi connectivity index (χ4n) is 1.52. The van der Waals surface area contributed by atoms with Crippen molar-refractivity contribution in [2.24, 2.45) is 0 Å². The van der Waals surface area contributed by atoms with Crippen LogP contribution in [0.25, 0.3) is 0 Å². The zero-order chi connectivity index (χ0) is 12.4. The molecule has 0 spiro atoms. The molecule has 0 fully saturated rings. The molecule has 4 nitrogen and oxygen atoms in total. The van der Waals surface area contributed by atoms with Gasteiger partial charge in [-0.15, -0.1) is 11.8 Å². The molecule has 0 aromatic heterocycles. The number of carbonyl (C=O) groups excluding carboxylic acids is 2. The Balaban J connectivity index is 2.26. The number of nitrogens with one attached hydrogen (secondary N) is 1. The standard InChI is InChI=1S/C12H11NO3S/c1-7(12(15)16-2)10-11(14)13-8-5-3-4-6-9(8)17-10/h3-6,10H,1H2,2H3,(H,13,14)/t10-/m0/s1. The van der Waals surface area contributed by atoms with E-state index in [2.05, 4.69) is 16.6 Å². The number of hydrogen-bond donors (Lipinski definition) is 1. The number of hydrogen-bond acceptors (Lipinski definition) is 4. The molecule has 88 valence electrons. The second-order valence-corrected chi connectivity index (χ2v) is 4.65. The molecule has 1 aliphatic rings. The summed E-state index contributed by atoms with van der Waals surface area (Å²) in [4.78, 5) is 24.1. The molecule has 1 aromatic rings. The highest BCUT2D eigenvalue weighted by atomic mass is 32.2. The number of para-hydroxylation sites is 1. The fraction of sp³-hybridized carbons (Fsp3) is 0.167. The van der Waals surface area contributed by atoms with Gasteiger partial charge < -0.3 is 10.1 Å². The molecule has 0 bridgehead atoms. The molecule has 1 amide bonds. The van der Waals surface area contributed by atoms with Gasteiger partial charge in [-0.25, -0.2) is 4.79 Å². The third kappa shape index (κ3) is 2.19. The Hall–Kier alpha value is -1.75. The molecule has 1 atom stereocenters. The first-order valence-corrected chi connectivity index (χ1v) is 5.85. The van der Waals surface area contributed by atoms with Crippen molar-refractivity contribution in [2.45, 2.75) is 10.1 Å². The average molecular weight is 249 g/mol. The number of fused-ring (bicyclic) bond motifs is 1. The molecule has 1 heterocycles. The van der Waals surface area contributed by atoms with Crippen LogP contribution in [0.4, 0.5) is 5.69 Å². The van der Waals surface area contributed by atoms with Crippen molar-refractivity contribution in [2.75, 3.05) is 12.4 Å². The number of esters is 1. The van der Waals surface area contributed by atoms with Crippen LogP contribution in [0.3, 0.4) is 0 Å². The van der Waals surface area contributed by atoms with Crippen LogP contribution in [0.2, 0.25) is 0 Å². The second kappa shape index (κ2) is 4.63. The monoisotopic (exact) mass is 249 g/mol. The Labute approximate surface area is 103 Å². The molecule has 17 heavy (non-hydrogen) atoms. The van der Waals surface area contributed by atoms with Gasteiger partial charge in [-0.2, -0.15) is 0 Å². The van der Waals surface area contributed by atoms with Gasteiger partial charge >= 0.3 is 5.97 Å². The molecule has 0 saturated carbocycles. The molecule has 1 N–H and O–H groups in total. The lowest BCUT2D eigenvalue weighted by Crippen LogP contribution is -2.32. The van der Waals surface area contributed by atoms with E-state index in [0.29, 0.717) is 0 Å². The van der Waals surface area contributed by atoms with Gasteiger partial charge in [0, 0.05) is 4.90 Å². The van der Waals surface area contributed by atoms with E-state index in [9.17, 15) is 9.59 Å². The van der Waals surface area contributed by atoms with Crippen molar-refractivity contribution in [3.8, 4) is 0 Å². The summed E-state index contributed by atoms with van der Waals surface area (Å²) in [5.41, 5.74) is 0.918. The molecule has 0 saturated heterocycles. The molecule has 1 aliphatic heterocycles. The highest BCUT2D eigenvalue weighted by Crippen LogP contribution is 2.37. The summed E-state index contributed by atoms with van der Waals surface area (Å²) in [5.74, 6) is -0.805. The van der Waals surface area contributed by atoms with Crippen LogP contribution in [0.5, 0.6) is 0 Å². The minimum atomic E-state index is -0.627. The summed E-state index contributed by atoms with van der Waals surface area (Å²) in [6.07, 6.45) is 0. The van der Waals surface area contributed by atoms with Gasteiger partial charge in [0.2, 0.25) is 5.91 Å². The van der Waals surface area contributed by atoms with Gasteiger partial charge in [-0.3, -0.25) is 4.79 Å². The highest BCUT2D eigenvalue weighted by molar-refractivity contribution is 8.01. The minimum absolute atomic E-state index is 0.157. The van der Waals surface area contributed by atoms with Crippen LogP contribution in [0, 0.1) is 0 Å². The Morgan fingerprint density at radius 2 is 2.18 bits per heavy atom. The van der Waals surface area contributed by atoms with Gasteiger partial charge in [0.05, 0.1) is 18.4 Å². The van der Waals surface area contributed by atoms with Crippen LogP contribution in [-0.4, -0.2) is 24.2 Å². The van der Waals surface area contributed by atoms with Gasteiger partial charge in [0.25, 0.3) is 0 Å². The van der Waals surface area contributed by atoms with Gasteiger partial charge in [0.15, 0.2) is 0 Å². The predicted molar refractivity (Wildman–Crippen MR) is 65.9 cm³/mol. The van der Waals surface area contributed by atoms with Crippen LogP contribution in [0.1, 0.15) is 0 Å². The van der Waals surface area contributed by atoms with E-state index in [1.807, 2.05) is 24.3 Å². The van der Waals surface area contributed by atoms with Gasteiger partial charge in [0.1, 0.15) is 5.25 Å². The largest absolute Gasteiger partial charge is 0.466 e. The summed E-state index contributed by atoms with van der Waals surface area (Å²) in [6, 6.07) is 7.42. The van der Waals surface area contributed by atoms with E-state index in [4.69, 9.17) is 0 Å². The van der Waals surface area contributed by atoms with E-state index in [0.717, 1.165) is 10.6 Å². The van der Waals surface area contributed by atoms with Crippen molar-refractivity contribution < 1.29 is 14.3 Å². The van der Waals surface area contributed by atoms with Crippen molar-refractivity contribution in [3.05, 3.63) is 36.4 Å². The van der Waals surface area contributed by atoms with Crippen LogP contribution in [-0.2, 0) is 14.3 Å². The van der Waals surface area contributed by atoms with E-state index in [1.165, 1.54) is 18.9 Å². The Morgan fingerprint density at radius 3 is 2.88 bits per heavy atom. The van der Waals surface area contributed by atoms with Gasteiger partial charge in [-0.1, -0.05) is 18.7 Å². The molecule has 0 aliphatic carbocycles. The first-order valence-electron chi connectivity index (χ1n) is 4.97. The number of ether oxygens (including phenoxy) is 1. The number of carbonyl (C=O) groups is 2. The third-order valence-corrected chi connectivity index (χ3v) is 3.74. The quantitative estimate of drug-likeness (QED) is 0.641. The fourth-order valence-corrected chi connectivity index (χ4v) is 2.58. The minimum Gasteiger partial charge on any atom is -0.466 e. The third-order valence-electron chi connectivity index (χ3n) is 2.39. The summed E-state index contributed by atoms with van der Waals surface area (Å²) >= 11 is 1.30. The molecular formula is C12H11NO3S. The van der Waals surface area contributed by atoms with Crippen molar-refractivity contribution >= 4 is 29.3 Å². The summed E-state index contributed by atoms with van der Waals surface area (Å²) in [5, 5.41) is 2.11. The number of thioether (sulfide) groups is 1. The van der Waals surface area contributed by atoms with Crippen molar-refractivity contribution in [1.82, 2.24) is 0 Å². The lowest BCUT2D eigenvalue weighted by atomic mass is 10.2. The number of anilines is 1. The van der Waals surface area contributed by atoms with E-state index >= 15 is 0 Å². The van der Waals surface area contributed by atoms with Crippen LogP contribution < -0.4 is 5.32 Å². The first-order chi connectivity index (χ1) is 8.13. The molecule has 0 radical (unpaired) electrons. The van der Waals surface area contributed by atoms with E-state index in [-0.39, 0.29) is 11.5 Å². The molecular weight excluding hydrogens is 238 g/mol. The Kier molecular flexibility index (Phi) is 3.19. The maximum Gasteiger partial charge on any atom is 0.334 e. The SMILES string of the molecule is C=C(C(=O)OC)[C@@H]1Sc2ccccc2NC1=O.